The van der Waals surface area contributed by atoms with Crippen LogP contribution in [0.3, 0.4) is 0 Å². The van der Waals surface area contributed by atoms with Gasteiger partial charge in [0.05, 0.1) is 13.2 Å². The average molecular weight is 215 g/mol. The van der Waals surface area contributed by atoms with Crippen molar-refractivity contribution in [2.24, 2.45) is 17.3 Å². The van der Waals surface area contributed by atoms with Crippen LogP contribution in [0.25, 0.3) is 0 Å². The second kappa shape index (κ2) is 5.28. The molecule has 2 N–H and O–H groups in total. The average Bonchev–Trinajstić information content (AvgIpc) is 2.66. The van der Waals surface area contributed by atoms with Crippen LogP contribution in [0.5, 0.6) is 0 Å². The normalized spacial score (nSPS) is 24.0. The topological polar surface area (TPSA) is 43.7 Å². The van der Waals surface area contributed by atoms with E-state index in [1.165, 1.54) is 6.42 Å². The van der Waals surface area contributed by atoms with Crippen molar-refractivity contribution in [1.29, 1.82) is 0 Å². The molecule has 90 valence electrons. The van der Waals surface area contributed by atoms with Gasteiger partial charge in [0, 0.05) is 18.5 Å². The molecule has 1 saturated heterocycles. The van der Waals surface area contributed by atoms with Crippen LogP contribution in [0, 0.1) is 17.3 Å². The fourth-order valence-electron chi connectivity index (χ4n) is 2.24. The molecule has 1 atom stereocenters. The summed E-state index contributed by atoms with van der Waals surface area (Å²) >= 11 is 0. The van der Waals surface area contributed by atoms with Gasteiger partial charge in [-0.05, 0) is 24.8 Å². The van der Waals surface area contributed by atoms with Gasteiger partial charge >= 0.3 is 0 Å². The second-order valence-electron chi connectivity index (χ2n) is 5.65. The van der Waals surface area contributed by atoms with Gasteiger partial charge in [0.25, 0.3) is 0 Å². The van der Waals surface area contributed by atoms with Gasteiger partial charge in [-0.3, -0.25) is 0 Å². The monoisotopic (exact) mass is 215 g/mol. The molecule has 3 nitrogen and oxygen atoms in total. The van der Waals surface area contributed by atoms with Crippen LogP contribution in [0.1, 0.15) is 27.2 Å². The number of aliphatic hydroxyl groups excluding tert-OH is 2. The van der Waals surface area contributed by atoms with Gasteiger partial charge in [0.15, 0.2) is 0 Å². The highest BCUT2D eigenvalue weighted by molar-refractivity contribution is 4.83. The molecule has 1 heterocycles. The molecule has 0 spiro atoms. The van der Waals surface area contributed by atoms with Crippen LogP contribution in [-0.4, -0.2) is 48.0 Å². The third kappa shape index (κ3) is 3.44. The van der Waals surface area contributed by atoms with Crippen molar-refractivity contribution in [2.45, 2.75) is 27.2 Å². The first-order valence-corrected chi connectivity index (χ1v) is 5.95. The lowest BCUT2D eigenvalue weighted by Crippen LogP contribution is -2.40. The van der Waals surface area contributed by atoms with Crippen molar-refractivity contribution < 1.29 is 10.2 Å². The fraction of sp³-hybridized carbons (Fsp3) is 1.00. The van der Waals surface area contributed by atoms with Gasteiger partial charge in [-0.1, -0.05) is 20.8 Å². The summed E-state index contributed by atoms with van der Waals surface area (Å²) in [4.78, 5) is 2.37. The lowest BCUT2D eigenvalue weighted by molar-refractivity contribution is 0.0400. The zero-order valence-electron chi connectivity index (χ0n) is 10.2. The zero-order chi connectivity index (χ0) is 11.5. The number of hydrogen-bond acceptors (Lipinski definition) is 3. The second-order valence-corrected chi connectivity index (χ2v) is 5.65. The minimum atomic E-state index is -0.341. The SMILES string of the molecule is CC(C)C1CCN(CC(C)(CO)CO)C1. The van der Waals surface area contributed by atoms with Gasteiger partial charge < -0.3 is 15.1 Å². The number of aliphatic hydroxyl groups is 2. The lowest BCUT2D eigenvalue weighted by atomic mass is 9.92. The van der Waals surface area contributed by atoms with Crippen LogP contribution >= 0.6 is 0 Å². The van der Waals surface area contributed by atoms with E-state index >= 15 is 0 Å². The molecule has 0 aliphatic carbocycles. The molecule has 1 aliphatic rings. The third-order valence-corrected chi connectivity index (χ3v) is 3.62. The quantitative estimate of drug-likeness (QED) is 0.718. The van der Waals surface area contributed by atoms with E-state index in [1.807, 2.05) is 6.92 Å². The number of hydrogen-bond donors (Lipinski definition) is 2. The minimum Gasteiger partial charge on any atom is -0.396 e. The summed E-state index contributed by atoms with van der Waals surface area (Å²) in [5.41, 5.74) is -0.341. The Hall–Kier alpha value is -0.120. The maximum atomic E-state index is 9.23. The van der Waals surface area contributed by atoms with Crippen molar-refractivity contribution in [3.05, 3.63) is 0 Å². The molecule has 0 bridgehead atoms. The standard InChI is InChI=1S/C12H25NO2/c1-10(2)11-4-5-13(6-11)7-12(3,8-14)9-15/h10-11,14-15H,4-9H2,1-3H3. The summed E-state index contributed by atoms with van der Waals surface area (Å²) in [5.74, 6) is 1.52. The number of rotatable bonds is 5. The highest BCUT2D eigenvalue weighted by Crippen LogP contribution is 2.26. The molecule has 0 amide bonds. The molecule has 1 unspecified atom stereocenters. The van der Waals surface area contributed by atoms with E-state index in [1.54, 1.807) is 0 Å². The van der Waals surface area contributed by atoms with Crippen LogP contribution in [0.4, 0.5) is 0 Å². The van der Waals surface area contributed by atoms with E-state index in [2.05, 4.69) is 18.7 Å². The molecule has 0 aromatic rings. The van der Waals surface area contributed by atoms with Crippen LogP contribution in [0.15, 0.2) is 0 Å². The Labute approximate surface area is 93.1 Å². The van der Waals surface area contributed by atoms with Crippen molar-refractivity contribution in [3.8, 4) is 0 Å². The Morgan fingerprint density at radius 1 is 1.33 bits per heavy atom. The smallest absolute Gasteiger partial charge is 0.0519 e. The minimum absolute atomic E-state index is 0.0619. The van der Waals surface area contributed by atoms with Gasteiger partial charge in [0.1, 0.15) is 0 Å². The first-order chi connectivity index (χ1) is 7.00. The summed E-state index contributed by atoms with van der Waals surface area (Å²) in [6.07, 6.45) is 1.25. The predicted octanol–water partition coefficient (Wildman–Crippen LogP) is 0.955. The van der Waals surface area contributed by atoms with E-state index in [-0.39, 0.29) is 18.6 Å². The summed E-state index contributed by atoms with van der Waals surface area (Å²) in [6.45, 7) is 9.64. The Bertz CT molecular complexity index is 190. The molecule has 1 aliphatic heterocycles. The molecular weight excluding hydrogens is 190 g/mol. The highest BCUT2D eigenvalue weighted by Gasteiger charge is 2.31. The molecule has 0 radical (unpaired) electrons. The van der Waals surface area contributed by atoms with Crippen molar-refractivity contribution in [1.82, 2.24) is 4.90 Å². The Kier molecular flexibility index (Phi) is 4.56. The van der Waals surface area contributed by atoms with Gasteiger partial charge in [-0.2, -0.15) is 0 Å². The van der Waals surface area contributed by atoms with Gasteiger partial charge in [-0.15, -0.1) is 0 Å². The zero-order valence-corrected chi connectivity index (χ0v) is 10.2. The Morgan fingerprint density at radius 3 is 2.33 bits per heavy atom. The number of nitrogens with zero attached hydrogens (tertiary/aromatic N) is 1. The summed E-state index contributed by atoms with van der Waals surface area (Å²) in [7, 11) is 0. The van der Waals surface area contributed by atoms with Crippen LogP contribution < -0.4 is 0 Å². The third-order valence-electron chi connectivity index (χ3n) is 3.62. The molecule has 15 heavy (non-hydrogen) atoms. The lowest BCUT2D eigenvalue weighted by Gasteiger charge is -2.30. The maximum absolute atomic E-state index is 9.23. The van der Waals surface area contributed by atoms with Gasteiger partial charge in [0.2, 0.25) is 0 Å². The molecule has 0 saturated carbocycles. The molecule has 1 fully saturated rings. The predicted molar refractivity (Wildman–Crippen MR) is 61.7 cm³/mol. The van der Waals surface area contributed by atoms with Gasteiger partial charge in [-0.25, -0.2) is 0 Å². The van der Waals surface area contributed by atoms with E-state index in [0.717, 1.165) is 31.5 Å². The van der Waals surface area contributed by atoms with Crippen LogP contribution in [-0.2, 0) is 0 Å². The summed E-state index contributed by atoms with van der Waals surface area (Å²) < 4.78 is 0. The molecule has 1 rings (SSSR count). The molecular formula is C12H25NO2. The van der Waals surface area contributed by atoms with E-state index in [4.69, 9.17) is 0 Å². The summed E-state index contributed by atoms with van der Waals surface area (Å²) in [6, 6.07) is 0. The maximum Gasteiger partial charge on any atom is 0.0519 e. The highest BCUT2D eigenvalue weighted by atomic mass is 16.3. The largest absolute Gasteiger partial charge is 0.396 e. The molecule has 0 aromatic heterocycles. The first kappa shape index (κ1) is 12.9. The summed E-state index contributed by atoms with van der Waals surface area (Å²) in [5, 5.41) is 18.5. The van der Waals surface area contributed by atoms with Crippen molar-refractivity contribution >= 4 is 0 Å². The molecule has 0 aromatic carbocycles. The Morgan fingerprint density at radius 2 is 1.93 bits per heavy atom. The van der Waals surface area contributed by atoms with E-state index in [9.17, 15) is 10.2 Å². The Balaban J connectivity index is 2.41. The fourth-order valence-corrected chi connectivity index (χ4v) is 2.24. The first-order valence-electron chi connectivity index (χ1n) is 5.95. The van der Waals surface area contributed by atoms with E-state index in [0.29, 0.717) is 0 Å². The van der Waals surface area contributed by atoms with Crippen molar-refractivity contribution in [2.75, 3.05) is 32.8 Å². The number of likely N-dealkylation sites (tertiary alicyclic amines) is 1. The van der Waals surface area contributed by atoms with E-state index < -0.39 is 0 Å². The van der Waals surface area contributed by atoms with Crippen LogP contribution in [0.2, 0.25) is 0 Å². The van der Waals surface area contributed by atoms with Crippen molar-refractivity contribution in [3.63, 3.8) is 0 Å². The molecule has 3 heteroatoms.